The summed E-state index contributed by atoms with van der Waals surface area (Å²) in [7, 11) is -3.46. The summed E-state index contributed by atoms with van der Waals surface area (Å²) in [5, 5.41) is 15.5. The number of rotatable bonds is 7. The lowest BCUT2D eigenvalue weighted by Gasteiger charge is -2.15. The second-order valence-electron chi connectivity index (χ2n) is 7.02. The number of nitro benzene ring substituents is 1. The number of benzene rings is 2. The van der Waals surface area contributed by atoms with Gasteiger partial charge in [0.05, 0.1) is 9.82 Å². The quantitative estimate of drug-likeness (QED) is 0.377. The molecule has 1 heterocycles. The summed E-state index contributed by atoms with van der Waals surface area (Å²) in [4.78, 5) is 34.2. The van der Waals surface area contributed by atoms with Crippen molar-refractivity contribution in [3.05, 3.63) is 64.2 Å². The maximum absolute atomic E-state index is 12.5. The van der Waals surface area contributed by atoms with Crippen molar-refractivity contribution in [2.24, 2.45) is 0 Å². The maximum atomic E-state index is 12.5. The predicted octanol–water partition coefficient (Wildman–Crippen LogP) is 1.68. The number of nitrogens with zero attached hydrogens (tertiary/aromatic N) is 2. The Balaban J connectivity index is 1.47. The van der Waals surface area contributed by atoms with Crippen LogP contribution in [0, 0.1) is 10.1 Å². The lowest BCUT2D eigenvalue weighted by Crippen LogP contribution is -2.36. The van der Waals surface area contributed by atoms with Crippen LogP contribution < -0.4 is 10.6 Å². The molecule has 0 atom stereocenters. The minimum absolute atomic E-state index is 0.123. The highest BCUT2D eigenvalue weighted by atomic mass is 32.2. The van der Waals surface area contributed by atoms with Crippen LogP contribution in [0.15, 0.2) is 53.4 Å². The smallest absolute Gasteiger partial charge is 0.313 e. The molecule has 0 unspecified atom stereocenters. The van der Waals surface area contributed by atoms with Crippen LogP contribution in [0.5, 0.6) is 0 Å². The van der Waals surface area contributed by atoms with Crippen molar-refractivity contribution in [3.63, 3.8) is 0 Å². The molecule has 2 amide bonds. The summed E-state index contributed by atoms with van der Waals surface area (Å²) in [6.45, 7) is 1.26. The summed E-state index contributed by atoms with van der Waals surface area (Å²) in [5.74, 6) is -1.73. The number of nitro groups is 1. The highest BCUT2D eigenvalue weighted by molar-refractivity contribution is 7.89. The summed E-state index contributed by atoms with van der Waals surface area (Å²) >= 11 is 0. The Kier molecular flexibility index (Phi) is 6.98. The molecule has 0 radical (unpaired) electrons. The molecule has 11 heteroatoms. The highest BCUT2D eigenvalue weighted by Crippen LogP contribution is 2.21. The molecule has 31 heavy (non-hydrogen) atoms. The zero-order valence-electron chi connectivity index (χ0n) is 16.6. The fourth-order valence-electron chi connectivity index (χ4n) is 3.16. The standard InChI is InChI=1S/C20H22N4O6S/c25-19(20(26)22-16-5-7-17(8-6-16)24(27)28)21-12-11-15-3-9-18(10-4-15)31(29,30)23-13-1-2-14-23/h3-10H,1-2,11-14H2,(H,21,25)(H,22,26). The molecule has 2 aromatic carbocycles. The molecule has 0 aromatic heterocycles. The lowest BCUT2D eigenvalue weighted by molar-refractivity contribution is -0.384. The molecule has 3 rings (SSSR count). The molecular weight excluding hydrogens is 424 g/mol. The van der Waals surface area contributed by atoms with E-state index in [0.29, 0.717) is 19.5 Å². The van der Waals surface area contributed by atoms with E-state index >= 15 is 0 Å². The van der Waals surface area contributed by atoms with Gasteiger partial charge in [-0.3, -0.25) is 19.7 Å². The van der Waals surface area contributed by atoms with Crippen molar-refractivity contribution in [2.75, 3.05) is 25.0 Å². The molecule has 0 bridgehead atoms. The topological polar surface area (TPSA) is 139 Å². The van der Waals surface area contributed by atoms with Crippen molar-refractivity contribution in [2.45, 2.75) is 24.2 Å². The van der Waals surface area contributed by atoms with Crippen LogP contribution in [0.25, 0.3) is 0 Å². The van der Waals surface area contributed by atoms with Gasteiger partial charge in [-0.25, -0.2) is 8.42 Å². The van der Waals surface area contributed by atoms with Crippen LogP contribution in [0.2, 0.25) is 0 Å². The first-order chi connectivity index (χ1) is 14.8. The third-order valence-corrected chi connectivity index (χ3v) is 6.78. The fourth-order valence-corrected chi connectivity index (χ4v) is 4.68. The monoisotopic (exact) mass is 446 g/mol. The number of carbonyl (C=O) groups is 2. The van der Waals surface area contributed by atoms with Crippen LogP contribution in [0.3, 0.4) is 0 Å². The van der Waals surface area contributed by atoms with E-state index in [0.717, 1.165) is 18.4 Å². The van der Waals surface area contributed by atoms with Gasteiger partial charge in [0.2, 0.25) is 10.0 Å². The first kappa shape index (κ1) is 22.4. The van der Waals surface area contributed by atoms with Crippen molar-refractivity contribution in [1.29, 1.82) is 0 Å². The lowest BCUT2D eigenvalue weighted by atomic mass is 10.1. The van der Waals surface area contributed by atoms with E-state index in [1.54, 1.807) is 24.3 Å². The zero-order chi connectivity index (χ0) is 22.4. The third kappa shape index (κ3) is 5.64. The van der Waals surface area contributed by atoms with Crippen LogP contribution >= 0.6 is 0 Å². The second kappa shape index (κ2) is 9.67. The minimum atomic E-state index is -3.46. The summed E-state index contributed by atoms with van der Waals surface area (Å²) in [6.07, 6.45) is 2.16. The van der Waals surface area contributed by atoms with Gasteiger partial charge in [-0.05, 0) is 49.1 Å². The number of nitrogens with one attached hydrogen (secondary N) is 2. The van der Waals surface area contributed by atoms with Crippen LogP contribution in [0.1, 0.15) is 18.4 Å². The number of hydrogen-bond acceptors (Lipinski definition) is 6. The molecule has 10 nitrogen and oxygen atoms in total. The highest BCUT2D eigenvalue weighted by Gasteiger charge is 2.26. The number of amides is 2. The van der Waals surface area contributed by atoms with Crippen molar-refractivity contribution in [1.82, 2.24) is 9.62 Å². The van der Waals surface area contributed by atoms with Crippen LogP contribution in [0.4, 0.5) is 11.4 Å². The van der Waals surface area contributed by atoms with E-state index < -0.39 is 26.8 Å². The molecular formula is C20H22N4O6S. The maximum Gasteiger partial charge on any atom is 0.313 e. The van der Waals surface area contributed by atoms with Crippen molar-refractivity contribution < 1.29 is 22.9 Å². The van der Waals surface area contributed by atoms with Crippen LogP contribution in [-0.4, -0.2) is 49.1 Å². The van der Waals surface area contributed by atoms with E-state index in [2.05, 4.69) is 10.6 Å². The van der Waals surface area contributed by atoms with Gasteiger partial charge in [-0.1, -0.05) is 12.1 Å². The first-order valence-corrected chi connectivity index (χ1v) is 11.1. The Labute approximate surface area is 179 Å². The second-order valence-corrected chi connectivity index (χ2v) is 8.96. The molecule has 164 valence electrons. The molecule has 0 spiro atoms. The van der Waals surface area contributed by atoms with E-state index in [1.807, 2.05) is 0 Å². The Morgan fingerprint density at radius 2 is 1.58 bits per heavy atom. The molecule has 2 aromatic rings. The molecule has 2 N–H and O–H groups in total. The van der Waals surface area contributed by atoms with E-state index in [4.69, 9.17) is 0 Å². The first-order valence-electron chi connectivity index (χ1n) is 9.70. The number of hydrogen-bond donors (Lipinski definition) is 2. The largest absolute Gasteiger partial charge is 0.347 e. The number of carbonyl (C=O) groups excluding carboxylic acids is 2. The van der Waals surface area contributed by atoms with Gasteiger partial charge < -0.3 is 10.6 Å². The number of sulfonamides is 1. The predicted molar refractivity (Wildman–Crippen MR) is 113 cm³/mol. The van der Waals surface area contributed by atoms with E-state index in [-0.39, 0.29) is 22.8 Å². The summed E-state index contributed by atoms with van der Waals surface area (Å²) < 4.78 is 26.5. The number of anilines is 1. The van der Waals surface area contributed by atoms with Crippen molar-refractivity contribution >= 4 is 33.2 Å². The Bertz CT molecular complexity index is 1060. The molecule has 1 saturated heterocycles. The Morgan fingerprint density at radius 1 is 0.968 bits per heavy atom. The zero-order valence-corrected chi connectivity index (χ0v) is 17.4. The van der Waals surface area contributed by atoms with Gasteiger partial charge in [0.1, 0.15) is 0 Å². The van der Waals surface area contributed by atoms with Gasteiger partial charge in [0, 0.05) is 37.5 Å². The third-order valence-electron chi connectivity index (χ3n) is 4.87. The molecule has 0 aliphatic carbocycles. The molecule has 1 fully saturated rings. The van der Waals surface area contributed by atoms with E-state index in [9.17, 15) is 28.1 Å². The molecule has 0 saturated carbocycles. The minimum Gasteiger partial charge on any atom is -0.347 e. The molecule has 1 aliphatic rings. The van der Waals surface area contributed by atoms with E-state index in [1.165, 1.54) is 28.6 Å². The SMILES string of the molecule is O=C(NCCc1ccc(S(=O)(=O)N2CCCC2)cc1)C(=O)Nc1ccc([N+](=O)[O-])cc1. The van der Waals surface area contributed by atoms with Gasteiger partial charge in [0.15, 0.2) is 0 Å². The fraction of sp³-hybridized carbons (Fsp3) is 0.300. The van der Waals surface area contributed by atoms with Crippen molar-refractivity contribution in [3.8, 4) is 0 Å². The van der Waals surface area contributed by atoms with Gasteiger partial charge in [-0.2, -0.15) is 4.31 Å². The van der Waals surface area contributed by atoms with Gasteiger partial charge in [0.25, 0.3) is 5.69 Å². The van der Waals surface area contributed by atoms with Gasteiger partial charge in [-0.15, -0.1) is 0 Å². The van der Waals surface area contributed by atoms with Gasteiger partial charge >= 0.3 is 11.8 Å². The summed E-state index contributed by atoms with van der Waals surface area (Å²) in [5.41, 5.74) is 0.957. The average Bonchev–Trinajstić information content (AvgIpc) is 3.30. The number of non-ortho nitro benzene ring substituents is 1. The molecule has 1 aliphatic heterocycles. The summed E-state index contributed by atoms with van der Waals surface area (Å²) in [6, 6.07) is 11.6. The Hall–Kier alpha value is -3.31. The average molecular weight is 446 g/mol. The Morgan fingerprint density at radius 3 is 2.16 bits per heavy atom. The van der Waals surface area contributed by atoms with Crippen LogP contribution in [-0.2, 0) is 26.0 Å². The normalized spacial score (nSPS) is 14.2.